The standard InChI is InChI=1S/C19H18N2O2/c1-13-7-3-4-8-14(13)12-21(2)19(23)16-11-18(22)20-17-10-6-5-9-15(16)17/h3-11H,12H2,1-2H3,(H,20,22). The van der Waals surface area contributed by atoms with Gasteiger partial charge in [0, 0.05) is 30.6 Å². The number of aromatic nitrogens is 1. The van der Waals surface area contributed by atoms with Crippen molar-refractivity contribution < 1.29 is 4.79 Å². The molecular weight excluding hydrogens is 288 g/mol. The average molecular weight is 306 g/mol. The van der Waals surface area contributed by atoms with Crippen LogP contribution in [0.5, 0.6) is 0 Å². The van der Waals surface area contributed by atoms with Crippen LogP contribution in [0.4, 0.5) is 0 Å². The van der Waals surface area contributed by atoms with E-state index in [2.05, 4.69) is 4.98 Å². The Kier molecular flexibility index (Phi) is 3.98. The largest absolute Gasteiger partial charge is 0.337 e. The van der Waals surface area contributed by atoms with E-state index >= 15 is 0 Å². The summed E-state index contributed by atoms with van der Waals surface area (Å²) in [7, 11) is 1.75. The summed E-state index contributed by atoms with van der Waals surface area (Å²) in [6.45, 7) is 2.53. The summed E-state index contributed by atoms with van der Waals surface area (Å²) in [5.41, 5.74) is 3.07. The molecule has 0 spiro atoms. The minimum atomic E-state index is -0.267. The van der Waals surface area contributed by atoms with Crippen LogP contribution in [-0.2, 0) is 6.54 Å². The maximum absolute atomic E-state index is 12.8. The number of carbonyl (C=O) groups excluding carboxylic acids is 1. The van der Waals surface area contributed by atoms with Crippen LogP contribution in [0, 0.1) is 6.92 Å². The van der Waals surface area contributed by atoms with Gasteiger partial charge < -0.3 is 9.88 Å². The maximum atomic E-state index is 12.8. The Hall–Kier alpha value is -2.88. The van der Waals surface area contributed by atoms with Crippen LogP contribution >= 0.6 is 0 Å². The summed E-state index contributed by atoms with van der Waals surface area (Å²) < 4.78 is 0. The van der Waals surface area contributed by atoms with Crippen molar-refractivity contribution in [1.82, 2.24) is 9.88 Å². The number of aromatic amines is 1. The Morgan fingerprint density at radius 3 is 2.57 bits per heavy atom. The van der Waals surface area contributed by atoms with Gasteiger partial charge in [-0.05, 0) is 24.1 Å². The highest BCUT2D eigenvalue weighted by Crippen LogP contribution is 2.18. The van der Waals surface area contributed by atoms with Crippen molar-refractivity contribution in [1.29, 1.82) is 0 Å². The summed E-state index contributed by atoms with van der Waals surface area (Å²) in [4.78, 5) is 29.0. The number of H-pyrrole nitrogens is 1. The highest BCUT2D eigenvalue weighted by molar-refractivity contribution is 6.05. The minimum Gasteiger partial charge on any atom is -0.337 e. The molecule has 1 aromatic heterocycles. The third-order valence-corrected chi connectivity index (χ3v) is 4.00. The fourth-order valence-corrected chi connectivity index (χ4v) is 2.70. The predicted molar refractivity (Wildman–Crippen MR) is 91.5 cm³/mol. The van der Waals surface area contributed by atoms with Crippen molar-refractivity contribution in [3.8, 4) is 0 Å². The number of benzene rings is 2. The number of rotatable bonds is 3. The van der Waals surface area contributed by atoms with Gasteiger partial charge in [0.1, 0.15) is 0 Å². The van der Waals surface area contributed by atoms with Gasteiger partial charge in [-0.3, -0.25) is 9.59 Å². The lowest BCUT2D eigenvalue weighted by atomic mass is 10.1. The van der Waals surface area contributed by atoms with E-state index in [4.69, 9.17) is 0 Å². The number of para-hydroxylation sites is 1. The molecule has 116 valence electrons. The SMILES string of the molecule is Cc1ccccc1CN(C)C(=O)c1cc(=O)[nH]c2ccccc12. The zero-order chi connectivity index (χ0) is 16.4. The zero-order valence-corrected chi connectivity index (χ0v) is 13.2. The molecule has 1 N–H and O–H groups in total. The van der Waals surface area contributed by atoms with Crippen LogP contribution in [0.2, 0.25) is 0 Å². The first-order valence-corrected chi connectivity index (χ1v) is 7.48. The van der Waals surface area contributed by atoms with Gasteiger partial charge in [-0.15, -0.1) is 0 Å². The summed E-state index contributed by atoms with van der Waals surface area (Å²) >= 11 is 0. The number of aryl methyl sites for hydroxylation is 1. The number of fused-ring (bicyclic) bond motifs is 1. The van der Waals surface area contributed by atoms with Gasteiger partial charge in [-0.25, -0.2) is 0 Å². The third kappa shape index (κ3) is 3.01. The third-order valence-electron chi connectivity index (χ3n) is 4.00. The number of pyridine rings is 1. The van der Waals surface area contributed by atoms with Gasteiger partial charge >= 0.3 is 0 Å². The summed E-state index contributed by atoms with van der Waals surface area (Å²) in [6.07, 6.45) is 0. The normalized spacial score (nSPS) is 10.7. The van der Waals surface area contributed by atoms with E-state index < -0.39 is 0 Å². The molecule has 0 unspecified atom stereocenters. The molecule has 1 heterocycles. The summed E-state index contributed by atoms with van der Waals surface area (Å²) in [5.74, 6) is -0.157. The Morgan fingerprint density at radius 2 is 1.78 bits per heavy atom. The molecule has 1 amide bonds. The molecule has 0 fully saturated rings. The Balaban J connectivity index is 1.97. The van der Waals surface area contributed by atoms with Gasteiger partial charge in [-0.2, -0.15) is 0 Å². The number of hydrogen-bond acceptors (Lipinski definition) is 2. The average Bonchev–Trinajstić information content (AvgIpc) is 2.55. The van der Waals surface area contributed by atoms with E-state index in [0.717, 1.165) is 16.5 Å². The molecule has 4 nitrogen and oxygen atoms in total. The summed E-state index contributed by atoms with van der Waals surface area (Å²) in [6, 6.07) is 16.7. The number of hydrogen-bond donors (Lipinski definition) is 1. The molecule has 0 aliphatic rings. The lowest BCUT2D eigenvalue weighted by molar-refractivity contribution is 0.0786. The van der Waals surface area contributed by atoms with Crippen LogP contribution in [0.1, 0.15) is 21.5 Å². The Morgan fingerprint density at radius 1 is 1.09 bits per heavy atom. The smallest absolute Gasteiger partial charge is 0.254 e. The molecule has 2 aromatic carbocycles. The van der Waals surface area contributed by atoms with Gasteiger partial charge in [-0.1, -0.05) is 42.5 Å². The first kappa shape index (κ1) is 15.0. The van der Waals surface area contributed by atoms with Crippen LogP contribution in [0.3, 0.4) is 0 Å². The second kappa shape index (κ2) is 6.08. The van der Waals surface area contributed by atoms with E-state index in [1.165, 1.54) is 6.07 Å². The highest BCUT2D eigenvalue weighted by atomic mass is 16.2. The van der Waals surface area contributed by atoms with Gasteiger partial charge in [0.05, 0.1) is 5.56 Å². The molecule has 4 heteroatoms. The van der Waals surface area contributed by atoms with Crippen LogP contribution in [0.15, 0.2) is 59.4 Å². The van der Waals surface area contributed by atoms with Crippen LogP contribution in [-0.4, -0.2) is 22.8 Å². The second-order valence-corrected chi connectivity index (χ2v) is 5.68. The van der Waals surface area contributed by atoms with Crippen molar-refractivity contribution >= 4 is 16.8 Å². The first-order chi connectivity index (χ1) is 11.1. The lowest BCUT2D eigenvalue weighted by Gasteiger charge is -2.19. The first-order valence-electron chi connectivity index (χ1n) is 7.48. The van der Waals surface area contributed by atoms with E-state index in [-0.39, 0.29) is 11.5 Å². The molecule has 0 saturated carbocycles. The molecule has 3 aromatic rings. The van der Waals surface area contributed by atoms with Crippen molar-refractivity contribution in [3.05, 3.63) is 81.6 Å². The fraction of sp³-hybridized carbons (Fsp3) is 0.158. The lowest BCUT2D eigenvalue weighted by Crippen LogP contribution is -2.28. The number of nitrogens with zero attached hydrogens (tertiary/aromatic N) is 1. The molecule has 0 bridgehead atoms. The molecule has 0 aliphatic carbocycles. The fourth-order valence-electron chi connectivity index (χ4n) is 2.70. The minimum absolute atomic E-state index is 0.157. The van der Waals surface area contributed by atoms with Crippen LogP contribution in [0.25, 0.3) is 10.9 Å². The van der Waals surface area contributed by atoms with E-state index in [0.29, 0.717) is 17.6 Å². The molecule has 0 saturated heterocycles. The van der Waals surface area contributed by atoms with Crippen molar-refractivity contribution in [2.75, 3.05) is 7.05 Å². The van der Waals surface area contributed by atoms with E-state index in [1.54, 1.807) is 18.0 Å². The predicted octanol–water partition coefficient (Wildman–Crippen LogP) is 3.11. The molecule has 0 atom stereocenters. The monoisotopic (exact) mass is 306 g/mol. The van der Waals surface area contributed by atoms with Gasteiger partial charge in [0.2, 0.25) is 5.56 Å². The zero-order valence-electron chi connectivity index (χ0n) is 13.2. The second-order valence-electron chi connectivity index (χ2n) is 5.68. The highest BCUT2D eigenvalue weighted by Gasteiger charge is 2.16. The van der Waals surface area contributed by atoms with Crippen molar-refractivity contribution in [2.45, 2.75) is 13.5 Å². The molecule has 0 radical (unpaired) electrons. The van der Waals surface area contributed by atoms with E-state index in [9.17, 15) is 9.59 Å². The van der Waals surface area contributed by atoms with E-state index in [1.807, 2.05) is 49.4 Å². The van der Waals surface area contributed by atoms with Gasteiger partial charge in [0.25, 0.3) is 5.91 Å². The number of carbonyl (C=O) groups is 1. The van der Waals surface area contributed by atoms with Crippen molar-refractivity contribution in [2.24, 2.45) is 0 Å². The molecule has 0 aliphatic heterocycles. The number of amides is 1. The molecule has 23 heavy (non-hydrogen) atoms. The summed E-state index contributed by atoms with van der Waals surface area (Å²) in [5, 5.41) is 0.758. The Bertz CT molecular complexity index is 928. The van der Waals surface area contributed by atoms with Crippen molar-refractivity contribution in [3.63, 3.8) is 0 Å². The topological polar surface area (TPSA) is 53.2 Å². The van der Waals surface area contributed by atoms with Gasteiger partial charge in [0.15, 0.2) is 0 Å². The molecular formula is C19H18N2O2. The Labute approximate surface area is 134 Å². The van der Waals surface area contributed by atoms with Crippen LogP contribution < -0.4 is 5.56 Å². The quantitative estimate of drug-likeness (QED) is 0.808. The molecule has 3 rings (SSSR count). The number of nitrogens with one attached hydrogen (secondary N) is 1. The maximum Gasteiger partial charge on any atom is 0.254 e.